The number of nitrogens with zero attached hydrogens (tertiary/aromatic N) is 2. The van der Waals surface area contributed by atoms with Crippen molar-refractivity contribution in [1.82, 2.24) is 9.97 Å². The van der Waals surface area contributed by atoms with Crippen LogP contribution in [0.1, 0.15) is 12.6 Å². The Labute approximate surface area is 137 Å². The van der Waals surface area contributed by atoms with Crippen LogP contribution in [0.2, 0.25) is 5.02 Å². The summed E-state index contributed by atoms with van der Waals surface area (Å²) in [7, 11) is 1.61. The van der Waals surface area contributed by atoms with Crippen molar-refractivity contribution in [2.45, 2.75) is 13.8 Å². The molecule has 6 heteroatoms. The first-order valence-electron chi connectivity index (χ1n) is 6.18. The lowest BCUT2D eigenvalue weighted by Gasteiger charge is -2.12. The summed E-state index contributed by atoms with van der Waals surface area (Å²) in [6.45, 7) is 4.82. The van der Waals surface area contributed by atoms with Crippen molar-refractivity contribution in [3.63, 3.8) is 0 Å². The fraction of sp³-hybridized carbons (Fsp3) is 0.286. The Morgan fingerprint density at radius 1 is 1.35 bits per heavy atom. The van der Waals surface area contributed by atoms with Crippen LogP contribution in [0.3, 0.4) is 0 Å². The van der Waals surface area contributed by atoms with E-state index in [0.717, 1.165) is 27.2 Å². The van der Waals surface area contributed by atoms with Gasteiger partial charge in [-0.1, -0.05) is 11.6 Å². The molecule has 0 atom stereocenters. The summed E-state index contributed by atoms with van der Waals surface area (Å²) >= 11 is 8.23. The molecule has 0 saturated heterocycles. The molecule has 0 aliphatic carbocycles. The minimum Gasteiger partial charge on any atom is -0.496 e. The van der Waals surface area contributed by atoms with Crippen LogP contribution in [-0.2, 0) is 0 Å². The zero-order valence-electron chi connectivity index (χ0n) is 11.5. The predicted octanol–water partition coefficient (Wildman–Crippen LogP) is 4.15. The molecule has 0 unspecified atom stereocenters. The SMILES string of the molecule is CCNc1nc(-c2ccc(Cl)cc2OC)nc(C)c1I. The number of rotatable bonds is 4. The van der Waals surface area contributed by atoms with E-state index < -0.39 is 0 Å². The molecule has 4 nitrogen and oxygen atoms in total. The number of aryl methyl sites for hydroxylation is 1. The maximum atomic E-state index is 5.99. The van der Waals surface area contributed by atoms with Crippen molar-refractivity contribution in [1.29, 1.82) is 0 Å². The Balaban J connectivity index is 2.58. The zero-order valence-corrected chi connectivity index (χ0v) is 14.4. The van der Waals surface area contributed by atoms with Gasteiger partial charge in [-0.05, 0) is 54.6 Å². The molecule has 0 bridgehead atoms. The summed E-state index contributed by atoms with van der Waals surface area (Å²) in [5.74, 6) is 2.14. The van der Waals surface area contributed by atoms with Gasteiger partial charge in [-0.2, -0.15) is 0 Å². The number of hydrogen-bond acceptors (Lipinski definition) is 4. The second kappa shape index (κ2) is 6.58. The standard InChI is InChI=1S/C14H15ClIN3O/c1-4-17-14-12(16)8(2)18-13(19-14)10-6-5-9(15)7-11(10)20-3/h5-7H,4H2,1-3H3,(H,17,18,19). The van der Waals surface area contributed by atoms with E-state index in [1.807, 2.05) is 26.0 Å². The number of halogens is 2. The molecule has 0 amide bonds. The van der Waals surface area contributed by atoms with Gasteiger partial charge in [0.05, 0.1) is 21.9 Å². The molecular weight excluding hydrogens is 389 g/mol. The van der Waals surface area contributed by atoms with Gasteiger partial charge in [0.15, 0.2) is 5.82 Å². The van der Waals surface area contributed by atoms with Gasteiger partial charge in [-0.3, -0.25) is 0 Å². The average Bonchev–Trinajstić information content (AvgIpc) is 2.43. The van der Waals surface area contributed by atoms with E-state index in [-0.39, 0.29) is 0 Å². The number of ether oxygens (including phenoxy) is 1. The van der Waals surface area contributed by atoms with Gasteiger partial charge < -0.3 is 10.1 Å². The van der Waals surface area contributed by atoms with Gasteiger partial charge in [0.25, 0.3) is 0 Å². The van der Waals surface area contributed by atoms with E-state index in [9.17, 15) is 0 Å². The van der Waals surface area contributed by atoms with Gasteiger partial charge >= 0.3 is 0 Å². The van der Waals surface area contributed by atoms with E-state index in [1.165, 1.54) is 0 Å². The summed E-state index contributed by atoms with van der Waals surface area (Å²) in [6, 6.07) is 5.45. The largest absolute Gasteiger partial charge is 0.496 e. The third kappa shape index (κ3) is 3.15. The molecule has 1 N–H and O–H groups in total. The zero-order chi connectivity index (χ0) is 14.7. The number of aromatic nitrogens is 2. The van der Waals surface area contributed by atoms with Crippen molar-refractivity contribution in [3.8, 4) is 17.1 Å². The van der Waals surface area contributed by atoms with Crippen LogP contribution < -0.4 is 10.1 Å². The summed E-state index contributed by atoms with van der Waals surface area (Å²) in [5, 5.41) is 3.87. The van der Waals surface area contributed by atoms with Crippen LogP contribution in [-0.4, -0.2) is 23.6 Å². The van der Waals surface area contributed by atoms with Gasteiger partial charge in [-0.25, -0.2) is 9.97 Å². The lowest BCUT2D eigenvalue weighted by Crippen LogP contribution is -2.06. The van der Waals surface area contributed by atoms with Crippen LogP contribution in [0.5, 0.6) is 5.75 Å². The van der Waals surface area contributed by atoms with Crippen LogP contribution in [0.4, 0.5) is 5.82 Å². The molecular formula is C14H15ClIN3O. The molecule has 1 aromatic carbocycles. The Morgan fingerprint density at radius 3 is 2.75 bits per heavy atom. The first-order valence-corrected chi connectivity index (χ1v) is 7.64. The van der Waals surface area contributed by atoms with Crippen molar-refractivity contribution in [2.75, 3.05) is 19.0 Å². The highest BCUT2D eigenvalue weighted by atomic mass is 127. The van der Waals surface area contributed by atoms with Crippen molar-refractivity contribution < 1.29 is 4.74 Å². The minimum atomic E-state index is 0.625. The molecule has 2 aromatic rings. The fourth-order valence-corrected chi connectivity index (χ4v) is 2.41. The topological polar surface area (TPSA) is 47.0 Å². The Bertz CT molecular complexity index is 634. The van der Waals surface area contributed by atoms with E-state index in [2.05, 4.69) is 37.9 Å². The number of nitrogens with one attached hydrogen (secondary N) is 1. The minimum absolute atomic E-state index is 0.625. The fourth-order valence-electron chi connectivity index (χ4n) is 1.81. The first kappa shape index (κ1) is 15.3. The number of benzene rings is 1. The summed E-state index contributed by atoms with van der Waals surface area (Å²) in [4.78, 5) is 9.12. The van der Waals surface area contributed by atoms with Crippen LogP contribution in [0.25, 0.3) is 11.4 Å². The van der Waals surface area contributed by atoms with Crippen molar-refractivity contribution >= 4 is 40.0 Å². The maximum absolute atomic E-state index is 5.99. The molecule has 0 fully saturated rings. The maximum Gasteiger partial charge on any atom is 0.165 e. The molecule has 2 rings (SSSR count). The quantitative estimate of drug-likeness (QED) is 0.779. The second-order valence-electron chi connectivity index (χ2n) is 4.17. The average molecular weight is 404 g/mol. The lowest BCUT2D eigenvalue weighted by atomic mass is 10.2. The smallest absolute Gasteiger partial charge is 0.165 e. The summed E-state index contributed by atoms with van der Waals surface area (Å²) in [5.41, 5.74) is 1.76. The molecule has 1 heterocycles. The highest BCUT2D eigenvalue weighted by Crippen LogP contribution is 2.32. The Morgan fingerprint density at radius 2 is 2.10 bits per heavy atom. The van der Waals surface area contributed by atoms with Gasteiger partial charge in [-0.15, -0.1) is 0 Å². The van der Waals surface area contributed by atoms with E-state index in [0.29, 0.717) is 16.6 Å². The third-order valence-corrected chi connectivity index (χ3v) is 4.29. The monoisotopic (exact) mass is 403 g/mol. The first-order chi connectivity index (χ1) is 9.56. The molecule has 0 aliphatic rings. The van der Waals surface area contributed by atoms with E-state index in [1.54, 1.807) is 13.2 Å². The van der Waals surface area contributed by atoms with Gasteiger partial charge in [0, 0.05) is 11.6 Å². The lowest BCUT2D eigenvalue weighted by molar-refractivity contribution is 0.416. The van der Waals surface area contributed by atoms with E-state index >= 15 is 0 Å². The normalized spacial score (nSPS) is 10.4. The molecule has 106 valence electrons. The highest BCUT2D eigenvalue weighted by Gasteiger charge is 2.14. The van der Waals surface area contributed by atoms with Crippen LogP contribution >= 0.6 is 34.2 Å². The van der Waals surface area contributed by atoms with Crippen molar-refractivity contribution in [2.24, 2.45) is 0 Å². The molecule has 0 aliphatic heterocycles. The molecule has 0 spiro atoms. The molecule has 1 aromatic heterocycles. The van der Waals surface area contributed by atoms with Gasteiger partial charge in [0.2, 0.25) is 0 Å². The predicted molar refractivity (Wildman–Crippen MR) is 90.6 cm³/mol. The number of methoxy groups -OCH3 is 1. The number of anilines is 1. The Kier molecular flexibility index (Phi) is 5.04. The summed E-state index contributed by atoms with van der Waals surface area (Å²) < 4.78 is 6.39. The number of hydrogen-bond donors (Lipinski definition) is 1. The highest BCUT2D eigenvalue weighted by molar-refractivity contribution is 14.1. The van der Waals surface area contributed by atoms with Gasteiger partial charge in [0.1, 0.15) is 11.6 Å². The Hall–Kier alpha value is -1.08. The molecule has 20 heavy (non-hydrogen) atoms. The summed E-state index contributed by atoms with van der Waals surface area (Å²) in [6.07, 6.45) is 0. The van der Waals surface area contributed by atoms with Crippen LogP contribution in [0, 0.1) is 10.5 Å². The second-order valence-corrected chi connectivity index (χ2v) is 5.69. The molecule has 0 saturated carbocycles. The van der Waals surface area contributed by atoms with Crippen molar-refractivity contribution in [3.05, 3.63) is 32.5 Å². The third-order valence-electron chi connectivity index (χ3n) is 2.77. The molecule has 0 radical (unpaired) electrons. The van der Waals surface area contributed by atoms with Crippen LogP contribution in [0.15, 0.2) is 18.2 Å². The van der Waals surface area contributed by atoms with E-state index in [4.69, 9.17) is 16.3 Å².